The minimum atomic E-state index is -0.917. The molecule has 0 aliphatic carbocycles. The molecule has 1 atom stereocenters. The molecule has 11 heteroatoms. The highest BCUT2D eigenvalue weighted by molar-refractivity contribution is 9.10. The minimum Gasteiger partial charge on any atom is -0.496 e. The molecule has 5 aromatic rings. The van der Waals surface area contributed by atoms with Crippen molar-refractivity contribution in [2.24, 2.45) is 4.99 Å². The summed E-state index contributed by atoms with van der Waals surface area (Å²) in [6, 6.07) is 24.2. The van der Waals surface area contributed by atoms with Crippen LogP contribution in [0.15, 0.2) is 109 Å². The monoisotopic (exact) mass is 698 g/mol. The van der Waals surface area contributed by atoms with E-state index < -0.39 is 18.0 Å². The highest BCUT2D eigenvalue weighted by atomic mass is 79.9. The zero-order chi connectivity index (χ0) is 32.4. The average molecular weight is 700 g/mol. The van der Waals surface area contributed by atoms with E-state index in [0.29, 0.717) is 54.6 Å². The standard InChI is InChI=1S/C35H27BrN2O7S/c1-4-44-34(41)29-30(20-10-6-5-7-11-20)37-35-38(31(29)25-18-21(36)14-16-26(25)42-2)32(39)28(46-35)19-22-15-17-27(45-22)23-12-8-9-13-24(23)33(40)43-3/h5-19,31H,4H2,1-3H3/b28-19-/t31-/m1/s1. The Bertz CT molecular complexity index is 2180. The molecule has 0 radical (unpaired) electrons. The number of methoxy groups -OCH3 is 2. The molecule has 0 spiro atoms. The van der Waals surface area contributed by atoms with Crippen LogP contribution in [0.2, 0.25) is 0 Å². The van der Waals surface area contributed by atoms with Crippen molar-refractivity contribution in [3.05, 3.63) is 137 Å². The van der Waals surface area contributed by atoms with Crippen LogP contribution in [0, 0.1) is 0 Å². The van der Waals surface area contributed by atoms with Crippen LogP contribution in [-0.2, 0) is 14.3 Å². The van der Waals surface area contributed by atoms with Gasteiger partial charge in [-0.25, -0.2) is 14.6 Å². The predicted molar refractivity (Wildman–Crippen MR) is 177 cm³/mol. The molecule has 6 rings (SSSR count). The van der Waals surface area contributed by atoms with E-state index in [1.54, 1.807) is 55.5 Å². The molecule has 0 amide bonds. The maximum atomic E-state index is 14.3. The number of thiazole rings is 1. The van der Waals surface area contributed by atoms with Crippen LogP contribution in [0.3, 0.4) is 0 Å². The summed E-state index contributed by atoms with van der Waals surface area (Å²) >= 11 is 4.71. The summed E-state index contributed by atoms with van der Waals surface area (Å²) in [5.41, 5.74) is 2.43. The van der Waals surface area contributed by atoms with E-state index in [2.05, 4.69) is 15.9 Å². The van der Waals surface area contributed by atoms with E-state index in [9.17, 15) is 14.4 Å². The number of carbonyl (C=O) groups excluding carboxylic acids is 2. The fourth-order valence-corrected chi connectivity index (χ4v) is 6.70. The third kappa shape index (κ3) is 5.75. The first-order chi connectivity index (χ1) is 22.3. The number of furan rings is 1. The fraction of sp³-hybridized carbons (Fsp3) is 0.143. The number of hydrogen-bond donors (Lipinski definition) is 0. The van der Waals surface area contributed by atoms with Crippen LogP contribution in [0.1, 0.15) is 40.2 Å². The van der Waals surface area contributed by atoms with Crippen molar-refractivity contribution in [1.82, 2.24) is 4.57 Å². The topological polar surface area (TPSA) is 109 Å². The van der Waals surface area contributed by atoms with Crippen LogP contribution in [0.25, 0.3) is 23.1 Å². The second-order valence-electron chi connectivity index (χ2n) is 10.1. The van der Waals surface area contributed by atoms with Gasteiger partial charge in [0.15, 0.2) is 4.80 Å². The Hall–Kier alpha value is -5.00. The number of halogens is 1. The molecular formula is C35H27BrN2O7S. The molecule has 232 valence electrons. The molecule has 46 heavy (non-hydrogen) atoms. The van der Waals surface area contributed by atoms with Gasteiger partial charge in [0.2, 0.25) is 0 Å². The lowest BCUT2D eigenvalue weighted by Gasteiger charge is -2.27. The summed E-state index contributed by atoms with van der Waals surface area (Å²) in [6.45, 7) is 1.86. The first kappa shape index (κ1) is 31.0. The van der Waals surface area contributed by atoms with Crippen molar-refractivity contribution in [3.8, 4) is 17.1 Å². The predicted octanol–water partition coefficient (Wildman–Crippen LogP) is 5.75. The molecule has 9 nitrogen and oxygen atoms in total. The number of nitrogens with zero attached hydrogens (tertiary/aromatic N) is 2. The summed E-state index contributed by atoms with van der Waals surface area (Å²) in [5.74, 6) is 0.235. The smallest absolute Gasteiger partial charge is 0.338 e. The highest BCUT2D eigenvalue weighted by Gasteiger charge is 2.37. The summed E-state index contributed by atoms with van der Waals surface area (Å²) in [7, 11) is 2.86. The molecule has 0 unspecified atom stereocenters. The quantitative estimate of drug-likeness (QED) is 0.190. The van der Waals surface area contributed by atoms with E-state index in [1.165, 1.54) is 30.1 Å². The Labute approximate surface area is 275 Å². The van der Waals surface area contributed by atoms with Gasteiger partial charge < -0.3 is 18.6 Å². The van der Waals surface area contributed by atoms with E-state index in [-0.39, 0.29) is 17.7 Å². The summed E-state index contributed by atoms with van der Waals surface area (Å²) in [4.78, 5) is 45.6. The number of esters is 2. The largest absolute Gasteiger partial charge is 0.496 e. The summed E-state index contributed by atoms with van der Waals surface area (Å²) < 4.78 is 24.9. The third-order valence-electron chi connectivity index (χ3n) is 7.36. The van der Waals surface area contributed by atoms with Crippen molar-refractivity contribution >= 4 is 51.0 Å². The fourth-order valence-electron chi connectivity index (χ4n) is 5.34. The van der Waals surface area contributed by atoms with Gasteiger partial charge in [-0.3, -0.25) is 9.36 Å². The van der Waals surface area contributed by atoms with Crippen LogP contribution in [-0.4, -0.2) is 37.3 Å². The lowest BCUT2D eigenvalue weighted by atomic mass is 9.92. The van der Waals surface area contributed by atoms with Gasteiger partial charge in [-0.05, 0) is 43.3 Å². The maximum absolute atomic E-state index is 14.3. The van der Waals surface area contributed by atoms with Crippen molar-refractivity contribution in [1.29, 1.82) is 0 Å². The van der Waals surface area contributed by atoms with Gasteiger partial charge in [-0.1, -0.05) is 75.8 Å². The molecule has 3 aromatic carbocycles. The van der Waals surface area contributed by atoms with Crippen molar-refractivity contribution in [2.45, 2.75) is 13.0 Å². The number of aromatic nitrogens is 1. The van der Waals surface area contributed by atoms with Crippen molar-refractivity contribution in [2.75, 3.05) is 20.8 Å². The summed E-state index contributed by atoms with van der Waals surface area (Å²) in [5, 5.41) is 0. The van der Waals surface area contributed by atoms with Gasteiger partial charge >= 0.3 is 11.9 Å². The molecule has 0 saturated heterocycles. The van der Waals surface area contributed by atoms with E-state index in [1.807, 2.05) is 42.5 Å². The van der Waals surface area contributed by atoms with Crippen LogP contribution >= 0.6 is 27.3 Å². The second kappa shape index (κ2) is 13.2. The third-order valence-corrected chi connectivity index (χ3v) is 8.83. The summed E-state index contributed by atoms with van der Waals surface area (Å²) in [6.07, 6.45) is 1.62. The van der Waals surface area contributed by atoms with Crippen LogP contribution < -0.4 is 19.6 Å². The van der Waals surface area contributed by atoms with Gasteiger partial charge in [0, 0.05) is 27.2 Å². The first-order valence-corrected chi connectivity index (χ1v) is 15.8. The first-order valence-electron chi connectivity index (χ1n) is 14.2. The second-order valence-corrected chi connectivity index (χ2v) is 12.0. The number of carbonyl (C=O) groups is 2. The number of ether oxygens (including phenoxy) is 3. The number of hydrogen-bond acceptors (Lipinski definition) is 9. The molecular weight excluding hydrogens is 672 g/mol. The Morgan fingerprint density at radius 1 is 1.00 bits per heavy atom. The van der Waals surface area contributed by atoms with E-state index in [4.69, 9.17) is 23.6 Å². The molecule has 0 N–H and O–H groups in total. The van der Waals surface area contributed by atoms with E-state index >= 15 is 0 Å². The van der Waals surface area contributed by atoms with Gasteiger partial charge in [-0.2, -0.15) is 0 Å². The molecule has 0 bridgehead atoms. The van der Waals surface area contributed by atoms with Gasteiger partial charge in [0.25, 0.3) is 5.56 Å². The molecule has 1 aliphatic rings. The Kier molecular flexibility index (Phi) is 8.87. The van der Waals surface area contributed by atoms with Crippen LogP contribution in [0.5, 0.6) is 5.75 Å². The molecule has 1 aliphatic heterocycles. The van der Waals surface area contributed by atoms with Crippen LogP contribution in [0.4, 0.5) is 0 Å². The maximum Gasteiger partial charge on any atom is 0.338 e. The Morgan fingerprint density at radius 3 is 2.50 bits per heavy atom. The van der Waals surface area contributed by atoms with Gasteiger partial charge in [0.05, 0.1) is 42.2 Å². The molecule has 2 aromatic heterocycles. The van der Waals surface area contributed by atoms with Crippen molar-refractivity contribution in [3.63, 3.8) is 0 Å². The average Bonchev–Trinajstić information content (AvgIpc) is 3.67. The van der Waals surface area contributed by atoms with Crippen molar-refractivity contribution < 1.29 is 28.2 Å². The zero-order valence-electron chi connectivity index (χ0n) is 25.0. The highest BCUT2D eigenvalue weighted by Crippen LogP contribution is 2.40. The molecule has 3 heterocycles. The van der Waals surface area contributed by atoms with E-state index in [0.717, 1.165) is 4.47 Å². The number of rotatable bonds is 8. The zero-order valence-corrected chi connectivity index (χ0v) is 27.4. The molecule has 0 saturated carbocycles. The Morgan fingerprint density at radius 2 is 1.76 bits per heavy atom. The lowest BCUT2D eigenvalue weighted by molar-refractivity contribution is -0.138. The number of fused-ring (bicyclic) bond motifs is 1. The number of benzene rings is 3. The Balaban J connectivity index is 1.58. The van der Waals surface area contributed by atoms with Gasteiger partial charge in [0.1, 0.15) is 23.3 Å². The minimum absolute atomic E-state index is 0.136. The SMILES string of the molecule is CCOC(=O)C1=C(c2ccccc2)N=c2s/c(=C\c3ccc(-c4ccccc4C(=O)OC)o3)c(=O)n2[C@@H]1c1cc(Br)ccc1OC. The lowest BCUT2D eigenvalue weighted by Crippen LogP contribution is -2.40. The normalized spacial score (nSPS) is 14.4. The molecule has 0 fully saturated rings. The van der Waals surface area contributed by atoms with Gasteiger partial charge in [-0.15, -0.1) is 0 Å².